The van der Waals surface area contributed by atoms with Crippen molar-refractivity contribution in [3.63, 3.8) is 0 Å². The first-order chi connectivity index (χ1) is 18.7. The summed E-state index contributed by atoms with van der Waals surface area (Å²) in [6.07, 6.45) is 5.73. The van der Waals surface area contributed by atoms with E-state index in [1.54, 1.807) is 19.1 Å². The predicted molar refractivity (Wildman–Crippen MR) is 165 cm³/mol. The largest absolute Gasteiger partial charge is 0.507 e. The molecule has 0 fully saturated rings. The van der Waals surface area contributed by atoms with Crippen molar-refractivity contribution >= 4 is 34.2 Å². The molecule has 0 saturated heterocycles. The Labute approximate surface area is 243 Å². The van der Waals surface area contributed by atoms with Crippen molar-refractivity contribution in [3.05, 3.63) is 71.1 Å². The Morgan fingerprint density at radius 1 is 0.925 bits per heavy atom. The molecule has 7 nitrogen and oxygen atoms in total. The number of nitrogens with one attached hydrogen (secondary N) is 2. The van der Waals surface area contributed by atoms with Crippen LogP contribution in [0.15, 0.2) is 64.9 Å². The first-order valence-corrected chi connectivity index (χ1v) is 14.3. The highest BCUT2D eigenvalue weighted by Crippen LogP contribution is 2.41. The molecule has 0 heterocycles. The molecule has 3 rings (SSSR count). The molecule has 0 radical (unpaired) electrons. The van der Waals surface area contributed by atoms with Crippen molar-refractivity contribution in [2.45, 2.75) is 70.1 Å². The quantitative estimate of drug-likeness (QED) is 0.288. The first kappa shape index (κ1) is 31.3. The minimum absolute atomic E-state index is 0.0689. The van der Waals surface area contributed by atoms with Crippen LogP contribution in [0.4, 0.5) is 11.4 Å². The maximum absolute atomic E-state index is 12.9. The van der Waals surface area contributed by atoms with Gasteiger partial charge in [0, 0.05) is 39.5 Å². The van der Waals surface area contributed by atoms with Crippen LogP contribution in [0.3, 0.4) is 0 Å². The number of methoxy groups -OCH3 is 1. The molecular weight excluding hydrogens is 522 g/mol. The van der Waals surface area contributed by atoms with Crippen molar-refractivity contribution in [2.24, 2.45) is 0 Å². The molecular formula is C32H43N3O4S. The van der Waals surface area contributed by atoms with Crippen molar-refractivity contribution in [1.82, 2.24) is 4.90 Å². The van der Waals surface area contributed by atoms with Gasteiger partial charge in [-0.1, -0.05) is 53.3 Å². The van der Waals surface area contributed by atoms with E-state index >= 15 is 0 Å². The maximum Gasteiger partial charge on any atom is 0.238 e. The van der Waals surface area contributed by atoms with E-state index in [9.17, 15) is 14.7 Å². The van der Waals surface area contributed by atoms with Crippen molar-refractivity contribution < 1.29 is 19.4 Å². The number of hydrogen-bond acceptors (Lipinski definition) is 7. The predicted octanol–water partition coefficient (Wildman–Crippen LogP) is 6.80. The Kier molecular flexibility index (Phi) is 10.1. The lowest BCUT2D eigenvalue weighted by Gasteiger charge is -2.28. The molecule has 40 heavy (non-hydrogen) atoms. The van der Waals surface area contributed by atoms with Crippen LogP contribution < -0.4 is 10.6 Å². The fourth-order valence-corrected chi connectivity index (χ4v) is 5.31. The smallest absolute Gasteiger partial charge is 0.238 e. The normalized spacial score (nSPS) is 13.9. The topological polar surface area (TPSA) is 90.9 Å². The fraction of sp³-hybridized carbons (Fsp3) is 0.438. The molecule has 8 heteroatoms. The number of ether oxygens (including phenoxy) is 1. The Bertz CT molecular complexity index is 1250. The monoisotopic (exact) mass is 565 g/mol. The lowest BCUT2D eigenvalue weighted by atomic mass is 9.79. The van der Waals surface area contributed by atoms with Gasteiger partial charge in [-0.2, -0.15) is 0 Å². The number of amides is 1. The summed E-state index contributed by atoms with van der Waals surface area (Å²) in [5, 5.41) is 17.2. The number of phenolic OH excluding ortho intramolecular Hbond substituents is 1. The number of likely N-dealkylation sites (N-methyl/N-ethyl adjacent to an activating group) is 1. The second-order valence-corrected chi connectivity index (χ2v) is 13.4. The highest BCUT2D eigenvalue weighted by molar-refractivity contribution is 8.13. The Hall–Kier alpha value is -3.23. The second-order valence-electron chi connectivity index (χ2n) is 12.3. The molecule has 1 amide bonds. The fourth-order valence-electron chi connectivity index (χ4n) is 4.41. The number of carbonyl (C=O) groups is 2. The van der Waals surface area contributed by atoms with E-state index in [0.717, 1.165) is 57.8 Å². The van der Waals surface area contributed by atoms with E-state index in [-0.39, 0.29) is 34.9 Å². The molecule has 0 atom stereocenters. The van der Waals surface area contributed by atoms with Gasteiger partial charge in [-0.25, -0.2) is 0 Å². The molecule has 1 aliphatic carbocycles. The van der Waals surface area contributed by atoms with Gasteiger partial charge in [0.1, 0.15) is 5.75 Å². The van der Waals surface area contributed by atoms with Crippen LogP contribution in [0.2, 0.25) is 0 Å². The summed E-state index contributed by atoms with van der Waals surface area (Å²) in [5.74, 6) is 1.07. The van der Waals surface area contributed by atoms with Crippen LogP contribution in [0.5, 0.6) is 5.75 Å². The average molecular weight is 566 g/mol. The van der Waals surface area contributed by atoms with E-state index in [2.05, 4.69) is 10.6 Å². The van der Waals surface area contributed by atoms with Gasteiger partial charge in [0.15, 0.2) is 0 Å². The third kappa shape index (κ3) is 8.89. The molecule has 0 saturated carbocycles. The number of phenols is 1. The summed E-state index contributed by atoms with van der Waals surface area (Å²) in [6, 6.07) is 11.3. The van der Waals surface area contributed by atoms with Gasteiger partial charge in [0.25, 0.3) is 0 Å². The van der Waals surface area contributed by atoms with E-state index < -0.39 is 0 Å². The summed E-state index contributed by atoms with van der Waals surface area (Å²) in [4.78, 5) is 28.0. The number of aromatic hydroxyl groups is 1. The average Bonchev–Trinajstić information content (AvgIpc) is 2.85. The highest BCUT2D eigenvalue weighted by Gasteiger charge is 2.27. The minimum atomic E-state index is -0.272. The summed E-state index contributed by atoms with van der Waals surface area (Å²) < 4.78 is 5.27. The highest BCUT2D eigenvalue weighted by atomic mass is 32.2. The number of benzene rings is 2. The second kappa shape index (κ2) is 13.0. The summed E-state index contributed by atoms with van der Waals surface area (Å²) in [5.41, 5.74) is 3.83. The lowest BCUT2D eigenvalue weighted by Crippen LogP contribution is -2.33. The van der Waals surface area contributed by atoms with Crippen molar-refractivity contribution in [1.29, 1.82) is 0 Å². The van der Waals surface area contributed by atoms with Crippen LogP contribution in [-0.4, -0.2) is 48.3 Å². The molecule has 0 spiro atoms. The van der Waals surface area contributed by atoms with Gasteiger partial charge >= 0.3 is 0 Å². The number of nitrogens with zero attached hydrogens (tertiary/aromatic N) is 1. The van der Waals surface area contributed by atoms with Gasteiger partial charge in [-0.05, 0) is 72.8 Å². The van der Waals surface area contributed by atoms with Gasteiger partial charge in [-0.3, -0.25) is 14.5 Å². The van der Waals surface area contributed by atoms with Gasteiger partial charge in [-0.15, -0.1) is 0 Å². The van der Waals surface area contributed by atoms with Crippen LogP contribution in [0.1, 0.15) is 65.5 Å². The first-order valence-electron chi connectivity index (χ1n) is 13.5. The van der Waals surface area contributed by atoms with Gasteiger partial charge in [0.05, 0.1) is 26.0 Å². The number of allylic oxidation sites excluding steroid dienone is 4. The molecule has 0 aliphatic heterocycles. The Morgan fingerprint density at radius 2 is 1.50 bits per heavy atom. The molecule has 3 N–H and O–H groups in total. The maximum atomic E-state index is 12.9. The molecule has 0 unspecified atom stereocenters. The third-order valence-corrected chi connectivity index (χ3v) is 7.42. The van der Waals surface area contributed by atoms with Crippen molar-refractivity contribution in [3.8, 4) is 5.75 Å². The molecule has 2 aromatic rings. The molecule has 0 bridgehead atoms. The van der Waals surface area contributed by atoms with Gasteiger partial charge < -0.3 is 20.5 Å². The molecule has 1 aliphatic rings. The van der Waals surface area contributed by atoms with Gasteiger partial charge in [0.2, 0.25) is 11.0 Å². The summed E-state index contributed by atoms with van der Waals surface area (Å²) in [6.45, 7) is 12.5. The van der Waals surface area contributed by atoms with Crippen LogP contribution in [-0.2, 0) is 25.2 Å². The SMILES string of the molecule is COC1=CC=C(Nc2ccc(NC(=O)CN(C)CC(=O)Sc3cc(C(C)(C)C)c(O)c(C(C)(C)C)c3)cc2)CC1. The van der Waals surface area contributed by atoms with Crippen LogP contribution >= 0.6 is 11.8 Å². The number of anilines is 2. The van der Waals surface area contributed by atoms with E-state index in [0.29, 0.717) is 11.4 Å². The summed E-state index contributed by atoms with van der Waals surface area (Å²) >= 11 is 1.14. The lowest BCUT2D eigenvalue weighted by molar-refractivity contribution is -0.117. The zero-order chi connectivity index (χ0) is 29.7. The molecule has 2 aromatic carbocycles. The third-order valence-electron chi connectivity index (χ3n) is 6.59. The zero-order valence-corrected chi connectivity index (χ0v) is 25.8. The zero-order valence-electron chi connectivity index (χ0n) is 25.0. The molecule has 216 valence electrons. The summed E-state index contributed by atoms with van der Waals surface area (Å²) in [7, 11) is 3.44. The van der Waals surface area contributed by atoms with E-state index in [1.807, 2.05) is 90.1 Å². The van der Waals surface area contributed by atoms with Crippen LogP contribution in [0, 0.1) is 0 Å². The number of carbonyl (C=O) groups excluding carboxylic acids is 2. The number of hydrogen-bond donors (Lipinski definition) is 3. The van der Waals surface area contributed by atoms with E-state index in [4.69, 9.17) is 4.74 Å². The van der Waals surface area contributed by atoms with Crippen molar-refractivity contribution in [2.75, 3.05) is 37.9 Å². The Morgan fingerprint density at radius 3 is 2.00 bits per heavy atom. The Balaban J connectivity index is 1.55. The van der Waals surface area contributed by atoms with E-state index in [1.165, 1.54) is 0 Å². The molecule has 0 aromatic heterocycles. The standard InChI is InChI=1S/C32H43N3O4S/c1-31(2,3)26-17-25(18-27(30(26)38)32(4,5)6)40-29(37)20-35(7)19-28(36)34-23-11-9-21(10-12-23)33-22-13-15-24(39-8)16-14-22/h9-13,15,17-18,33,38H,14,16,19-20H2,1-8H3,(H,34,36). The number of thioether (sulfide) groups is 1. The minimum Gasteiger partial charge on any atom is -0.507 e. The van der Waals surface area contributed by atoms with Crippen LogP contribution in [0.25, 0.3) is 0 Å². The number of rotatable bonds is 9.